The van der Waals surface area contributed by atoms with E-state index in [0.29, 0.717) is 0 Å². The molecule has 0 bridgehead atoms. The summed E-state index contributed by atoms with van der Waals surface area (Å²) in [5.74, 6) is -0.866. The zero-order valence-electron chi connectivity index (χ0n) is 4.24. The van der Waals surface area contributed by atoms with Crippen LogP contribution >= 0.6 is 25.3 Å². The van der Waals surface area contributed by atoms with E-state index in [0.717, 1.165) is 0 Å². The Hall–Kier alpha value is 1.09. The first kappa shape index (κ1) is 11.8. The van der Waals surface area contributed by atoms with Crippen LogP contribution in [0.2, 0.25) is 0 Å². The molecule has 0 unspecified atom stereocenters. The van der Waals surface area contributed by atoms with E-state index in [1.165, 1.54) is 0 Å². The van der Waals surface area contributed by atoms with E-state index >= 15 is 0 Å². The van der Waals surface area contributed by atoms with Crippen LogP contribution in [0.4, 0.5) is 0 Å². The number of carboxylic acid groups (broad SMARTS) is 1. The number of rotatable bonds is 2. The summed E-state index contributed by atoms with van der Waals surface area (Å²) in [5.41, 5.74) is 0. The van der Waals surface area contributed by atoms with Gasteiger partial charge in [-0.2, -0.15) is 25.3 Å². The van der Waals surface area contributed by atoms with Crippen LogP contribution in [-0.2, 0) is 32.1 Å². The summed E-state index contributed by atoms with van der Waals surface area (Å²) in [5, 5.41) is 7.99. The van der Waals surface area contributed by atoms with Gasteiger partial charge >= 0.3 is 5.97 Å². The Bertz CT molecular complexity index is 75.7. The van der Waals surface area contributed by atoms with Crippen LogP contribution in [0.1, 0.15) is 6.42 Å². The monoisotopic (exact) mass is 252 g/mol. The molecule has 0 spiro atoms. The van der Waals surface area contributed by atoms with Gasteiger partial charge in [-0.05, 0) is 0 Å². The Kier molecular flexibility index (Phi) is 9.20. The van der Waals surface area contributed by atoms with Crippen molar-refractivity contribution >= 4 is 31.2 Å². The molecule has 0 aromatic heterocycles. The molecule has 44 valence electrons. The molecule has 0 saturated carbocycles. The fourth-order valence-corrected chi connectivity index (χ4v) is 0.469. The molecule has 0 heterocycles. The van der Waals surface area contributed by atoms with Gasteiger partial charge in [0.1, 0.15) is 0 Å². The van der Waals surface area contributed by atoms with E-state index in [4.69, 9.17) is 5.11 Å². The maximum atomic E-state index is 9.71. The van der Waals surface area contributed by atoms with E-state index in [1.807, 2.05) is 0 Å². The molecule has 0 aliphatic rings. The van der Waals surface area contributed by atoms with Crippen molar-refractivity contribution in [3.8, 4) is 0 Å². The number of hydrogen-bond donors (Lipinski definition) is 3. The molecular formula is C3H6CdO2S2. The molecule has 0 aliphatic carbocycles. The number of thiol groups is 2. The molecule has 0 aromatic rings. The zero-order chi connectivity index (χ0) is 5.86. The Morgan fingerprint density at radius 3 is 2.00 bits per heavy atom. The van der Waals surface area contributed by atoms with Gasteiger partial charge < -0.3 is 5.11 Å². The predicted octanol–water partition coefficient (Wildman–Crippen LogP) is 0.644. The smallest absolute Gasteiger partial charge is 0.305 e. The first-order valence-corrected chi connectivity index (χ1v) is 2.74. The van der Waals surface area contributed by atoms with Gasteiger partial charge in [0.15, 0.2) is 0 Å². The van der Waals surface area contributed by atoms with Gasteiger partial charge in [-0.1, -0.05) is 0 Å². The third-order valence-electron chi connectivity index (χ3n) is 0.357. The predicted molar refractivity (Wildman–Crippen MR) is 34.0 cm³/mol. The SMILES string of the molecule is O=C(O)CC(S)S.[Cd]. The number of aliphatic carboxylic acids is 1. The average molecular weight is 251 g/mol. The van der Waals surface area contributed by atoms with Crippen LogP contribution in [0.15, 0.2) is 0 Å². The van der Waals surface area contributed by atoms with Gasteiger partial charge in [0.05, 0.1) is 11.0 Å². The Morgan fingerprint density at radius 2 is 2.00 bits per heavy atom. The molecule has 1 N–H and O–H groups in total. The maximum absolute atomic E-state index is 9.71. The molecule has 8 heavy (non-hydrogen) atoms. The summed E-state index contributed by atoms with van der Waals surface area (Å²) in [6.07, 6.45) is 0.00617. The number of hydrogen-bond acceptors (Lipinski definition) is 3. The van der Waals surface area contributed by atoms with E-state index in [-0.39, 0.29) is 38.3 Å². The van der Waals surface area contributed by atoms with Crippen molar-refractivity contribution in [3.05, 3.63) is 0 Å². The first-order chi connectivity index (χ1) is 3.13. The molecule has 0 aromatic carbocycles. The maximum Gasteiger partial charge on any atom is 0.305 e. The normalized spacial score (nSPS) is 8.38. The third-order valence-corrected chi connectivity index (χ3v) is 0.722. The van der Waals surface area contributed by atoms with Crippen molar-refractivity contribution in [1.29, 1.82) is 0 Å². The second-order valence-corrected chi connectivity index (χ2v) is 2.73. The van der Waals surface area contributed by atoms with E-state index in [2.05, 4.69) is 25.3 Å². The van der Waals surface area contributed by atoms with Gasteiger partial charge in [-0.15, -0.1) is 0 Å². The third kappa shape index (κ3) is 10.2. The van der Waals surface area contributed by atoms with Crippen LogP contribution in [0.3, 0.4) is 0 Å². The molecule has 0 radical (unpaired) electrons. The Balaban J connectivity index is 0. The molecule has 0 amide bonds. The Labute approximate surface area is 79.0 Å². The standard InChI is InChI=1S/C3H6O2S2.Cd/c4-2(5)1-3(6)7;/h3,6-7H,1H2,(H,4,5);. The van der Waals surface area contributed by atoms with Crippen LogP contribution in [-0.4, -0.2) is 15.7 Å². The number of carboxylic acids is 1. The molecule has 0 atom stereocenters. The summed E-state index contributed by atoms with van der Waals surface area (Å²) in [4.78, 5) is 9.71. The molecule has 2 nitrogen and oxygen atoms in total. The number of carbonyl (C=O) groups is 1. The molecule has 0 rings (SSSR count). The summed E-state index contributed by atoms with van der Waals surface area (Å²) >= 11 is 7.44. The summed E-state index contributed by atoms with van der Waals surface area (Å²) in [6.45, 7) is 0. The molecule has 5 heteroatoms. The van der Waals surface area contributed by atoms with Crippen LogP contribution in [0.25, 0.3) is 0 Å². The second-order valence-electron chi connectivity index (χ2n) is 1.08. The minimum Gasteiger partial charge on any atom is -0.481 e. The van der Waals surface area contributed by atoms with Gasteiger partial charge in [0, 0.05) is 27.3 Å². The summed E-state index contributed by atoms with van der Waals surface area (Å²) < 4.78 is -0.336. The van der Waals surface area contributed by atoms with Crippen LogP contribution in [0, 0.1) is 0 Å². The zero-order valence-corrected chi connectivity index (χ0v) is 10.1. The second kappa shape index (κ2) is 6.22. The summed E-state index contributed by atoms with van der Waals surface area (Å²) in [6, 6.07) is 0. The molecule has 0 fully saturated rings. The van der Waals surface area contributed by atoms with E-state index in [1.54, 1.807) is 0 Å². The van der Waals surface area contributed by atoms with Gasteiger partial charge in [0.2, 0.25) is 0 Å². The average Bonchev–Trinajstić information content (AvgIpc) is 1.27. The van der Waals surface area contributed by atoms with Gasteiger partial charge in [-0.25, -0.2) is 0 Å². The minimum absolute atomic E-state index is 0. The van der Waals surface area contributed by atoms with Crippen molar-refractivity contribution in [1.82, 2.24) is 0 Å². The van der Waals surface area contributed by atoms with Gasteiger partial charge in [0.25, 0.3) is 0 Å². The molecular weight excluding hydrogens is 245 g/mol. The van der Waals surface area contributed by atoms with Crippen molar-refractivity contribution in [2.24, 2.45) is 0 Å². The summed E-state index contributed by atoms with van der Waals surface area (Å²) in [7, 11) is 0. The quantitative estimate of drug-likeness (QED) is 0.382. The van der Waals surface area contributed by atoms with Crippen molar-refractivity contribution in [2.45, 2.75) is 11.0 Å². The van der Waals surface area contributed by atoms with Gasteiger partial charge in [-0.3, -0.25) is 4.79 Å². The minimum atomic E-state index is -0.866. The van der Waals surface area contributed by atoms with E-state index < -0.39 is 5.97 Å². The first-order valence-electron chi connectivity index (χ1n) is 1.71. The van der Waals surface area contributed by atoms with Crippen molar-refractivity contribution in [3.63, 3.8) is 0 Å². The molecule has 0 aliphatic heterocycles. The van der Waals surface area contributed by atoms with Crippen molar-refractivity contribution < 1.29 is 37.2 Å². The largest absolute Gasteiger partial charge is 0.481 e. The van der Waals surface area contributed by atoms with Crippen LogP contribution in [0.5, 0.6) is 0 Å². The fraction of sp³-hybridized carbons (Fsp3) is 0.667. The fourth-order valence-electron chi connectivity index (χ4n) is 0.156. The topological polar surface area (TPSA) is 37.3 Å². The molecule has 0 saturated heterocycles. The van der Waals surface area contributed by atoms with Crippen LogP contribution < -0.4 is 0 Å². The van der Waals surface area contributed by atoms with Crippen molar-refractivity contribution in [2.75, 3.05) is 0 Å². The van der Waals surface area contributed by atoms with E-state index in [9.17, 15) is 4.79 Å². The Morgan fingerprint density at radius 1 is 1.62 bits per heavy atom.